The molecule has 0 amide bonds. The van der Waals surface area contributed by atoms with Crippen LogP contribution in [0.15, 0.2) is 0 Å². The topological polar surface area (TPSA) is 12.5 Å². The average molecular weight is 185 g/mol. The first-order valence-electron chi connectivity index (χ1n) is 5.70. The van der Waals surface area contributed by atoms with Crippen molar-refractivity contribution in [1.82, 2.24) is 4.90 Å². The Morgan fingerprint density at radius 3 is 2.08 bits per heavy atom. The number of hydrogen-bond donors (Lipinski definition) is 0. The molecule has 0 bridgehead atoms. The fraction of sp³-hybridized carbons (Fsp3) is 1.00. The number of nitrogens with zero attached hydrogens (tertiary/aromatic N) is 1. The smallest absolute Gasteiger partial charge is 0.0480 e. The van der Waals surface area contributed by atoms with E-state index >= 15 is 0 Å². The third kappa shape index (κ3) is 3.65. The molecule has 2 heteroatoms. The normalized spacial score (nSPS) is 19.6. The Morgan fingerprint density at radius 1 is 1.08 bits per heavy atom. The van der Waals surface area contributed by atoms with E-state index in [1.54, 1.807) is 0 Å². The predicted molar refractivity (Wildman–Crippen MR) is 56.0 cm³/mol. The lowest BCUT2D eigenvalue weighted by atomic mass is 10.1. The molecule has 0 saturated carbocycles. The zero-order valence-electron chi connectivity index (χ0n) is 9.09. The zero-order valence-corrected chi connectivity index (χ0v) is 9.09. The van der Waals surface area contributed by atoms with Crippen LogP contribution < -0.4 is 0 Å². The van der Waals surface area contributed by atoms with E-state index in [-0.39, 0.29) is 0 Å². The van der Waals surface area contributed by atoms with Gasteiger partial charge < -0.3 is 9.64 Å². The first-order valence-corrected chi connectivity index (χ1v) is 5.70. The minimum Gasteiger partial charge on any atom is -0.381 e. The van der Waals surface area contributed by atoms with Crippen LogP contribution in [-0.4, -0.2) is 37.2 Å². The van der Waals surface area contributed by atoms with E-state index in [0.29, 0.717) is 0 Å². The Balaban J connectivity index is 2.32. The van der Waals surface area contributed by atoms with E-state index in [0.717, 1.165) is 19.3 Å². The van der Waals surface area contributed by atoms with Gasteiger partial charge in [-0.25, -0.2) is 0 Å². The van der Waals surface area contributed by atoms with E-state index in [1.807, 2.05) is 0 Å². The first-order chi connectivity index (χ1) is 6.38. The van der Waals surface area contributed by atoms with Crippen molar-refractivity contribution in [3.05, 3.63) is 0 Å². The Morgan fingerprint density at radius 2 is 1.62 bits per heavy atom. The van der Waals surface area contributed by atoms with Crippen molar-refractivity contribution in [2.24, 2.45) is 0 Å². The van der Waals surface area contributed by atoms with Crippen molar-refractivity contribution in [1.29, 1.82) is 0 Å². The van der Waals surface area contributed by atoms with Gasteiger partial charge in [0.05, 0.1) is 0 Å². The Labute approximate surface area is 82.3 Å². The molecule has 2 nitrogen and oxygen atoms in total. The third-order valence-corrected chi connectivity index (χ3v) is 2.73. The lowest BCUT2D eigenvalue weighted by Gasteiger charge is -2.33. The molecule has 0 aromatic rings. The molecule has 0 unspecified atom stereocenters. The van der Waals surface area contributed by atoms with Crippen LogP contribution in [0.25, 0.3) is 0 Å². The van der Waals surface area contributed by atoms with Crippen molar-refractivity contribution in [2.75, 3.05) is 26.3 Å². The highest BCUT2D eigenvalue weighted by molar-refractivity contribution is 4.73. The molecule has 0 aliphatic carbocycles. The van der Waals surface area contributed by atoms with E-state index in [9.17, 15) is 0 Å². The summed E-state index contributed by atoms with van der Waals surface area (Å²) in [4.78, 5) is 2.64. The van der Waals surface area contributed by atoms with Gasteiger partial charge in [0.15, 0.2) is 0 Å². The molecule has 78 valence electrons. The van der Waals surface area contributed by atoms with Gasteiger partial charge >= 0.3 is 0 Å². The quantitative estimate of drug-likeness (QED) is 0.651. The molecule has 13 heavy (non-hydrogen) atoms. The second kappa shape index (κ2) is 6.39. The summed E-state index contributed by atoms with van der Waals surface area (Å²) in [5, 5.41) is 0. The van der Waals surface area contributed by atoms with Gasteiger partial charge in [0.2, 0.25) is 0 Å². The van der Waals surface area contributed by atoms with Gasteiger partial charge in [-0.1, -0.05) is 13.8 Å². The fourth-order valence-corrected chi connectivity index (χ4v) is 2.10. The van der Waals surface area contributed by atoms with Gasteiger partial charge in [-0.3, -0.25) is 0 Å². The first kappa shape index (κ1) is 11.0. The molecule has 0 aromatic carbocycles. The van der Waals surface area contributed by atoms with Crippen LogP contribution in [0, 0.1) is 0 Å². The molecule has 1 rings (SSSR count). The summed E-state index contributed by atoms with van der Waals surface area (Å²) >= 11 is 0. The molecule has 0 N–H and O–H groups in total. The Bertz CT molecular complexity index is 115. The van der Waals surface area contributed by atoms with E-state index in [2.05, 4.69) is 18.7 Å². The molecule has 1 fully saturated rings. The highest BCUT2D eigenvalue weighted by Gasteiger charge is 2.19. The molecule has 0 radical (unpaired) electrons. The Kier molecular flexibility index (Phi) is 5.40. The third-order valence-electron chi connectivity index (χ3n) is 2.73. The summed E-state index contributed by atoms with van der Waals surface area (Å²) in [6, 6.07) is 0.800. The summed E-state index contributed by atoms with van der Waals surface area (Å²) in [5.41, 5.74) is 0. The fourth-order valence-electron chi connectivity index (χ4n) is 2.10. The summed E-state index contributed by atoms with van der Waals surface area (Å²) < 4.78 is 5.38. The van der Waals surface area contributed by atoms with Gasteiger partial charge in [-0.2, -0.15) is 0 Å². The molecular weight excluding hydrogens is 162 g/mol. The maximum absolute atomic E-state index is 5.38. The van der Waals surface area contributed by atoms with Crippen LogP contribution >= 0.6 is 0 Å². The lowest BCUT2D eigenvalue weighted by Crippen LogP contribution is -2.40. The molecule has 1 saturated heterocycles. The largest absolute Gasteiger partial charge is 0.381 e. The SMILES string of the molecule is CCCN(CCC)C1CCOCC1. The maximum atomic E-state index is 5.38. The van der Waals surface area contributed by atoms with Crippen LogP contribution in [0.2, 0.25) is 0 Å². The van der Waals surface area contributed by atoms with Crippen LogP contribution in [-0.2, 0) is 4.74 Å². The van der Waals surface area contributed by atoms with Crippen LogP contribution in [0.5, 0.6) is 0 Å². The van der Waals surface area contributed by atoms with E-state index < -0.39 is 0 Å². The summed E-state index contributed by atoms with van der Waals surface area (Å²) in [6.07, 6.45) is 5.02. The van der Waals surface area contributed by atoms with Crippen molar-refractivity contribution in [3.63, 3.8) is 0 Å². The van der Waals surface area contributed by atoms with Gasteiger partial charge in [0.25, 0.3) is 0 Å². The molecular formula is C11H23NO. The number of hydrogen-bond acceptors (Lipinski definition) is 2. The highest BCUT2D eigenvalue weighted by atomic mass is 16.5. The molecule has 0 spiro atoms. The van der Waals surface area contributed by atoms with Crippen LogP contribution in [0.4, 0.5) is 0 Å². The lowest BCUT2D eigenvalue weighted by molar-refractivity contribution is 0.0340. The number of rotatable bonds is 5. The highest BCUT2D eigenvalue weighted by Crippen LogP contribution is 2.14. The molecule has 1 heterocycles. The molecule has 0 aromatic heterocycles. The van der Waals surface area contributed by atoms with Gasteiger partial charge in [0, 0.05) is 19.3 Å². The van der Waals surface area contributed by atoms with Crippen molar-refractivity contribution in [2.45, 2.75) is 45.6 Å². The van der Waals surface area contributed by atoms with E-state index in [1.165, 1.54) is 38.8 Å². The maximum Gasteiger partial charge on any atom is 0.0480 e. The van der Waals surface area contributed by atoms with Gasteiger partial charge in [0.1, 0.15) is 0 Å². The van der Waals surface area contributed by atoms with Crippen LogP contribution in [0.3, 0.4) is 0 Å². The van der Waals surface area contributed by atoms with Crippen LogP contribution in [0.1, 0.15) is 39.5 Å². The second-order valence-electron chi connectivity index (χ2n) is 3.88. The minimum atomic E-state index is 0.800. The molecule has 1 aliphatic rings. The monoisotopic (exact) mass is 185 g/mol. The number of ether oxygens (including phenoxy) is 1. The van der Waals surface area contributed by atoms with Crippen molar-refractivity contribution < 1.29 is 4.74 Å². The standard InChI is InChI=1S/C11H23NO/c1-3-7-12(8-4-2)11-5-9-13-10-6-11/h11H,3-10H2,1-2H3. The van der Waals surface area contributed by atoms with Crippen molar-refractivity contribution in [3.8, 4) is 0 Å². The summed E-state index contributed by atoms with van der Waals surface area (Å²) in [7, 11) is 0. The predicted octanol–water partition coefficient (Wildman–Crippen LogP) is 2.29. The minimum absolute atomic E-state index is 0.800. The van der Waals surface area contributed by atoms with E-state index in [4.69, 9.17) is 4.74 Å². The van der Waals surface area contributed by atoms with Gasteiger partial charge in [-0.15, -0.1) is 0 Å². The molecule has 0 atom stereocenters. The second-order valence-corrected chi connectivity index (χ2v) is 3.88. The summed E-state index contributed by atoms with van der Waals surface area (Å²) in [5.74, 6) is 0. The van der Waals surface area contributed by atoms with Crippen molar-refractivity contribution >= 4 is 0 Å². The average Bonchev–Trinajstić information content (AvgIpc) is 2.19. The molecule has 1 aliphatic heterocycles. The summed E-state index contributed by atoms with van der Waals surface area (Å²) in [6.45, 7) is 8.99. The Hall–Kier alpha value is -0.0800. The van der Waals surface area contributed by atoms with Gasteiger partial charge in [-0.05, 0) is 38.8 Å². The zero-order chi connectivity index (χ0) is 9.52.